The molecule has 2 heterocycles. The summed E-state index contributed by atoms with van der Waals surface area (Å²) >= 11 is 1.58. The Bertz CT molecular complexity index is 1040. The number of nitrogens with one attached hydrogen (secondary N) is 4. The van der Waals surface area contributed by atoms with Crippen molar-refractivity contribution < 1.29 is 19.1 Å². The van der Waals surface area contributed by atoms with Crippen LogP contribution in [0.15, 0.2) is 41.1 Å². The van der Waals surface area contributed by atoms with E-state index < -0.39 is 18.1 Å². The number of ether oxygens (including phenoxy) is 1. The van der Waals surface area contributed by atoms with Gasteiger partial charge in [-0.05, 0) is 72.5 Å². The third-order valence-corrected chi connectivity index (χ3v) is 7.39. The summed E-state index contributed by atoms with van der Waals surface area (Å²) in [4.78, 5) is 39.8. The molecule has 8 nitrogen and oxygen atoms in total. The Kier molecular flexibility index (Phi) is 11.6. The molecule has 0 bridgehead atoms. The number of fused-ring (bicyclic) bond motifs is 1. The Morgan fingerprint density at radius 3 is 2.53 bits per heavy atom. The highest BCUT2D eigenvalue weighted by Crippen LogP contribution is 2.20. The summed E-state index contributed by atoms with van der Waals surface area (Å²) in [5.74, 6) is -0.152. The molecular weight excluding hydrogens is 500 g/mol. The van der Waals surface area contributed by atoms with Crippen molar-refractivity contribution in [3.8, 4) is 5.75 Å². The molecule has 0 saturated carbocycles. The van der Waals surface area contributed by atoms with E-state index in [1.54, 1.807) is 11.3 Å². The molecule has 2 aromatic rings. The number of carbonyl (C=O) groups excluding carboxylic acids is 3. The molecule has 38 heavy (non-hydrogen) atoms. The van der Waals surface area contributed by atoms with Crippen LogP contribution < -0.4 is 26.0 Å². The van der Waals surface area contributed by atoms with Crippen LogP contribution >= 0.6 is 11.3 Å². The molecule has 208 valence electrons. The van der Waals surface area contributed by atoms with Crippen LogP contribution in [0.1, 0.15) is 58.1 Å². The van der Waals surface area contributed by atoms with Crippen molar-refractivity contribution >= 4 is 29.1 Å². The summed E-state index contributed by atoms with van der Waals surface area (Å²) in [6.45, 7) is 8.63. The third-order valence-electron chi connectivity index (χ3n) is 6.66. The smallest absolute Gasteiger partial charge is 0.243 e. The molecule has 9 heteroatoms. The van der Waals surface area contributed by atoms with Gasteiger partial charge in [0.15, 0.2) is 0 Å². The standard InChI is InChI=1S/C29H42N4O4S/c1-5-9-23-27(34)30-14-8-11-22-10-6-7-12-25(22)37-17-20(4)31-24(16-21-13-15-38-18-21)28(35)33-26(19(2)3)29(36)32-23/h6-7,10,12-13,15,18-20,23-24,26,31H,5,8-9,11,14,16-17H2,1-4H3,(H,30,34)(H,32,36)(H,33,35)/t20-,23-,24+,26+/m0/s1. The second kappa shape index (κ2) is 14.9. The SMILES string of the molecule is CCC[C@@H]1NC(=O)[C@@H](C(C)C)NC(=O)[C@@H](Cc2ccsc2)N[C@@H](C)COc2ccccc2CCCNC1=O. The van der Waals surface area contributed by atoms with Gasteiger partial charge in [0, 0.05) is 12.6 Å². The van der Waals surface area contributed by atoms with Gasteiger partial charge in [0.25, 0.3) is 0 Å². The van der Waals surface area contributed by atoms with Gasteiger partial charge < -0.3 is 20.7 Å². The normalized spacial score (nSPS) is 24.3. The predicted octanol–water partition coefficient (Wildman–Crippen LogP) is 3.20. The van der Waals surface area contributed by atoms with E-state index in [0.29, 0.717) is 26.0 Å². The van der Waals surface area contributed by atoms with Crippen molar-refractivity contribution in [1.82, 2.24) is 21.3 Å². The first-order valence-electron chi connectivity index (χ1n) is 13.6. The number of benzene rings is 1. The van der Waals surface area contributed by atoms with Crippen LogP contribution in [0.25, 0.3) is 0 Å². The van der Waals surface area contributed by atoms with E-state index in [0.717, 1.165) is 36.1 Å². The summed E-state index contributed by atoms with van der Waals surface area (Å²) in [5.41, 5.74) is 2.12. The van der Waals surface area contributed by atoms with Crippen LogP contribution in [0.4, 0.5) is 0 Å². The molecule has 3 rings (SSSR count). The Hall–Kier alpha value is -2.91. The Morgan fingerprint density at radius 1 is 1.03 bits per heavy atom. The molecule has 0 aliphatic carbocycles. The molecule has 1 aromatic carbocycles. The minimum absolute atomic E-state index is 0.115. The fourth-order valence-electron chi connectivity index (χ4n) is 4.55. The Labute approximate surface area is 230 Å². The molecular formula is C29H42N4O4S. The molecule has 3 amide bonds. The van der Waals surface area contributed by atoms with Crippen molar-refractivity contribution in [3.05, 3.63) is 52.2 Å². The van der Waals surface area contributed by atoms with Crippen LogP contribution in [0, 0.1) is 5.92 Å². The molecule has 0 fully saturated rings. The van der Waals surface area contributed by atoms with Crippen molar-refractivity contribution in [2.75, 3.05) is 13.2 Å². The zero-order valence-corrected chi connectivity index (χ0v) is 23.7. The zero-order chi connectivity index (χ0) is 27.5. The van der Waals surface area contributed by atoms with Crippen LogP contribution in [-0.4, -0.2) is 55.0 Å². The van der Waals surface area contributed by atoms with Gasteiger partial charge >= 0.3 is 0 Å². The minimum atomic E-state index is -0.765. The molecule has 4 N–H and O–H groups in total. The topological polar surface area (TPSA) is 109 Å². The summed E-state index contributed by atoms with van der Waals surface area (Å²) < 4.78 is 6.17. The first-order valence-corrected chi connectivity index (χ1v) is 14.6. The van der Waals surface area contributed by atoms with E-state index in [4.69, 9.17) is 4.74 Å². The van der Waals surface area contributed by atoms with Crippen molar-refractivity contribution in [2.24, 2.45) is 5.92 Å². The highest BCUT2D eigenvalue weighted by atomic mass is 32.1. The predicted molar refractivity (Wildman–Crippen MR) is 151 cm³/mol. The lowest BCUT2D eigenvalue weighted by Gasteiger charge is -2.28. The number of rotatable bonds is 5. The highest BCUT2D eigenvalue weighted by Gasteiger charge is 2.31. The lowest BCUT2D eigenvalue weighted by Crippen LogP contribution is -2.59. The average Bonchev–Trinajstić information content (AvgIpc) is 3.40. The van der Waals surface area contributed by atoms with E-state index in [9.17, 15) is 14.4 Å². The number of aryl methyl sites for hydroxylation is 1. The number of amides is 3. The van der Waals surface area contributed by atoms with Gasteiger partial charge in [0.1, 0.15) is 24.4 Å². The first-order chi connectivity index (χ1) is 18.3. The number of hydrogen-bond acceptors (Lipinski definition) is 6. The number of hydrogen-bond donors (Lipinski definition) is 4. The van der Waals surface area contributed by atoms with E-state index in [2.05, 4.69) is 21.3 Å². The lowest BCUT2D eigenvalue weighted by atomic mass is 10.0. The van der Waals surface area contributed by atoms with Crippen molar-refractivity contribution in [3.63, 3.8) is 0 Å². The van der Waals surface area contributed by atoms with Gasteiger partial charge in [0.2, 0.25) is 17.7 Å². The van der Waals surface area contributed by atoms with Crippen LogP contribution in [0.5, 0.6) is 5.75 Å². The number of carbonyl (C=O) groups is 3. The number of para-hydroxylation sites is 1. The van der Waals surface area contributed by atoms with E-state index in [1.165, 1.54) is 0 Å². The van der Waals surface area contributed by atoms with Crippen LogP contribution in [0.3, 0.4) is 0 Å². The van der Waals surface area contributed by atoms with Crippen molar-refractivity contribution in [1.29, 1.82) is 0 Å². The Balaban J connectivity index is 1.87. The summed E-state index contributed by atoms with van der Waals surface area (Å²) in [7, 11) is 0. The highest BCUT2D eigenvalue weighted by molar-refractivity contribution is 7.07. The van der Waals surface area contributed by atoms with E-state index in [-0.39, 0.29) is 29.7 Å². The molecule has 0 radical (unpaired) electrons. The maximum absolute atomic E-state index is 13.5. The zero-order valence-electron chi connectivity index (χ0n) is 22.9. The van der Waals surface area contributed by atoms with Crippen molar-refractivity contribution in [2.45, 2.75) is 84.0 Å². The van der Waals surface area contributed by atoms with Gasteiger partial charge in [-0.2, -0.15) is 11.3 Å². The maximum Gasteiger partial charge on any atom is 0.243 e. The molecule has 0 saturated heterocycles. The lowest BCUT2D eigenvalue weighted by molar-refractivity contribution is -0.133. The third kappa shape index (κ3) is 8.84. The molecule has 0 spiro atoms. The second-order valence-corrected chi connectivity index (χ2v) is 11.1. The van der Waals surface area contributed by atoms with Crippen LogP contribution in [0.2, 0.25) is 0 Å². The van der Waals surface area contributed by atoms with Crippen LogP contribution in [-0.2, 0) is 27.2 Å². The first kappa shape index (κ1) is 29.6. The minimum Gasteiger partial charge on any atom is -0.492 e. The molecule has 1 aliphatic heterocycles. The van der Waals surface area contributed by atoms with E-state index >= 15 is 0 Å². The largest absolute Gasteiger partial charge is 0.492 e. The van der Waals surface area contributed by atoms with E-state index in [1.807, 2.05) is 68.8 Å². The fraction of sp³-hybridized carbons (Fsp3) is 0.552. The summed E-state index contributed by atoms with van der Waals surface area (Å²) in [6.07, 6.45) is 3.25. The maximum atomic E-state index is 13.5. The fourth-order valence-corrected chi connectivity index (χ4v) is 5.23. The van der Waals surface area contributed by atoms with Gasteiger partial charge in [-0.3, -0.25) is 19.7 Å². The summed E-state index contributed by atoms with van der Waals surface area (Å²) in [5, 5.41) is 16.3. The second-order valence-electron chi connectivity index (χ2n) is 10.3. The monoisotopic (exact) mass is 542 g/mol. The average molecular weight is 543 g/mol. The van der Waals surface area contributed by atoms with Gasteiger partial charge in [0.05, 0.1) is 6.04 Å². The molecule has 1 aromatic heterocycles. The van der Waals surface area contributed by atoms with Gasteiger partial charge in [-0.25, -0.2) is 0 Å². The molecule has 4 atom stereocenters. The molecule has 1 aliphatic rings. The summed E-state index contributed by atoms with van der Waals surface area (Å²) in [6, 6.07) is 7.83. The Morgan fingerprint density at radius 2 is 1.82 bits per heavy atom. The number of thiophene rings is 1. The molecule has 0 unspecified atom stereocenters. The van der Waals surface area contributed by atoms with Gasteiger partial charge in [-0.15, -0.1) is 0 Å². The quantitative estimate of drug-likeness (QED) is 0.464. The van der Waals surface area contributed by atoms with Gasteiger partial charge in [-0.1, -0.05) is 45.4 Å².